The molecule has 25 heavy (non-hydrogen) atoms. The molecule has 0 fully saturated rings. The van der Waals surface area contributed by atoms with Crippen LogP contribution in [0.1, 0.15) is 41.4 Å². The highest BCUT2D eigenvalue weighted by atomic mass is 16.5. The summed E-state index contributed by atoms with van der Waals surface area (Å²) < 4.78 is 5.91. The highest BCUT2D eigenvalue weighted by Gasteiger charge is 2.40. The second-order valence-corrected chi connectivity index (χ2v) is 6.34. The lowest BCUT2D eigenvalue weighted by Gasteiger charge is -2.31. The lowest BCUT2D eigenvalue weighted by atomic mass is 9.90. The zero-order chi connectivity index (χ0) is 18.1. The molecule has 0 aromatic heterocycles. The Bertz CT molecular complexity index is 835. The fourth-order valence-electron chi connectivity index (χ4n) is 2.91. The SMILES string of the molecule is CC(C)=CCc1c(O)cc(O)c2c1O[C@@H](c1ccccc1)[C@H](O)C2=O. The van der Waals surface area contributed by atoms with E-state index >= 15 is 0 Å². The summed E-state index contributed by atoms with van der Waals surface area (Å²) in [7, 11) is 0. The first kappa shape index (κ1) is 17.0. The van der Waals surface area contributed by atoms with Gasteiger partial charge in [-0.1, -0.05) is 42.0 Å². The van der Waals surface area contributed by atoms with Crippen molar-refractivity contribution in [3.63, 3.8) is 0 Å². The van der Waals surface area contributed by atoms with Gasteiger partial charge in [-0.3, -0.25) is 4.79 Å². The zero-order valence-corrected chi connectivity index (χ0v) is 14.1. The molecule has 3 rings (SSSR count). The second-order valence-electron chi connectivity index (χ2n) is 6.34. The van der Waals surface area contributed by atoms with Crippen molar-refractivity contribution in [1.82, 2.24) is 0 Å². The predicted molar refractivity (Wildman–Crippen MR) is 93.1 cm³/mol. The molecule has 1 heterocycles. The summed E-state index contributed by atoms with van der Waals surface area (Å²) in [6, 6.07) is 10.0. The lowest BCUT2D eigenvalue weighted by molar-refractivity contribution is 0.0206. The summed E-state index contributed by atoms with van der Waals surface area (Å²) in [5, 5.41) is 30.7. The Morgan fingerprint density at radius 3 is 2.48 bits per heavy atom. The van der Waals surface area contributed by atoms with Crippen molar-refractivity contribution in [2.24, 2.45) is 0 Å². The lowest BCUT2D eigenvalue weighted by Crippen LogP contribution is -2.36. The highest BCUT2D eigenvalue weighted by Crippen LogP contribution is 2.45. The fourth-order valence-corrected chi connectivity index (χ4v) is 2.91. The van der Waals surface area contributed by atoms with Gasteiger partial charge in [0.1, 0.15) is 22.8 Å². The van der Waals surface area contributed by atoms with Crippen molar-refractivity contribution in [2.75, 3.05) is 0 Å². The minimum Gasteiger partial charge on any atom is -0.507 e. The largest absolute Gasteiger partial charge is 0.507 e. The molecule has 5 nitrogen and oxygen atoms in total. The number of aliphatic hydroxyl groups is 1. The first-order chi connectivity index (χ1) is 11.9. The molecule has 0 bridgehead atoms. The molecule has 1 aliphatic rings. The third-order valence-corrected chi connectivity index (χ3v) is 4.23. The molecule has 0 spiro atoms. The van der Waals surface area contributed by atoms with Crippen molar-refractivity contribution < 1.29 is 24.9 Å². The van der Waals surface area contributed by atoms with Gasteiger partial charge in [-0.2, -0.15) is 0 Å². The minimum absolute atomic E-state index is 0.0883. The standard InChI is InChI=1S/C20H20O5/c1-11(2)8-9-13-14(21)10-15(22)16-17(23)18(24)19(25-20(13)16)12-6-4-3-5-7-12/h3-8,10,18-19,21-22,24H,9H2,1-2H3/t18-,19+/m1/s1. The smallest absolute Gasteiger partial charge is 0.202 e. The second kappa shape index (κ2) is 6.61. The molecular formula is C20H20O5. The number of rotatable bonds is 3. The van der Waals surface area contributed by atoms with Gasteiger partial charge in [0, 0.05) is 11.6 Å². The number of Topliss-reactive ketones (excluding diaryl/α,β-unsaturated/α-hetero) is 1. The summed E-state index contributed by atoms with van der Waals surface area (Å²) in [6.07, 6.45) is -0.0840. The van der Waals surface area contributed by atoms with E-state index in [4.69, 9.17) is 4.74 Å². The van der Waals surface area contributed by atoms with Crippen LogP contribution >= 0.6 is 0 Å². The number of ether oxygens (including phenoxy) is 1. The average molecular weight is 340 g/mol. The van der Waals surface area contributed by atoms with Gasteiger partial charge in [0.25, 0.3) is 0 Å². The van der Waals surface area contributed by atoms with Crippen molar-refractivity contribution >= 4 is 5.78 Å². The fraction of sp³-hybridized carbons (Fsp3) is 0.250. The summed E-state index contributed by atoms with van der Waals surface area (Å²) in [5.74, 6) is -1.04. The molecule has 3 N–H and O–H groups in total. The summed E-state index contributed by atoms with van der Waals surface area (Å²) in [5.41, 5.74) is 2.01. The highest BCUT2D eigenvalue weighted by molar-refractivity contribution is 6.06. The third-order valence-electron chi connectivity index (χ3n) is 4.23. The Hall–Kier alpha value is -2.79. The minimum atomic E-state index is -1.43. The molecule has 0 saturated heterocycles. The van der Waals surface area contributed by atoms with E-state index in [-0.39, 0.29) is 17.1 Å². The van der Waals surface area contributed by atoms with Gasteiger partial charge in [0.15, 0.2) is 12.2 Å². The molecule has 0 unspecified atom stereocenters. The van der Waals surface area contributed by atoms with Crippen molar-refractivity contribution in [3.05, 3.63) is 64.7 Å². The third kappa shape index (κ3) is 3.10. The van der Waals surface area contributed by atoms with Gasteiger partial charge in [0.2, 0.25) is 5.78 Å². The van der Waals surface area contributed by atoms with Crippen molar-refractivity contribution in [2.45, 2.75) is 32.5 Å². The number of carbonyl (C=O) groups excluding carboxylic acids is 1. The van der Waals surface area contributed by atoms with Crippen LogP contribution in [0.2, 0.25) is 0 Å². The molecule has 0 saturated carbocycles. The molecule has 1 aliphatic heterocycles. The summed E-state index contributed by atoms with van der Waals surface area (Å²) in [6.45, 7) is 3.85. The Morgan fingerprint density at radius 2 is 1.84 bits per heavy atom. The maximum absolute atomic E-state index is 12.6. The number of hydrogen-bond acceptors (Lipinski definition) is 5. The number of phenols is 2. The number of phenolic OH excluding ortho intramolecular Hbond substituents is 2. The molecule has 0 radical (unpaired) electrons. The predicted octanol–water partition coefficient (Wildman–Crippen LogP) is 3.28. The van der Waals surface area contributed by atoms with Gasteiger partial charge < -0.3 is 20.1 Å². The van der Waals surface area contributed by atoms with Crippen molar-refractivity contribution in [3.8, 4) is 17.2 Å². The Labute approximate surface area is 145 Å². The topological polar surface area (TPSA) is 87.0 Å². The number of fused-ring (bicyclic) bond motifs is 1. The van der Waals surface area contributed by atoms with Gasteiger partial charge in [-0.25, -0.2) is 0 Å². The molecule has 0 aliphatic carbocycles. The maximum atomic E-state index is 12.6. The van der Waals surface area contributed by atoms with Crippen LogP contribution in [-0.2, 0) is 6.42 Å². The van der Waals surface area contributed by atoms with Gasteiger partial charge in [0.05, 0.1) is 0 Å². The summed E-state index contributed by atoms with van der Waals surface area (Å²) >= 11 is 0. The van der Waals surface area contributed by atoms with E-state index in [1.807, 2.05) is 26.0 Å². The van der Waals surface area contributed by atoms with Crippen LogP contribution in [0.15, 0.2) is 48.0 Å². The maximum Gasteiger partial charge on any atom is 0.202 e. The Morgan fingerprint density at radius 1 is 1.16 bits per heavy atom. The Balaban J connectivity index is 2.14. The van der Waals surface area contributed by atoms with Crippen LogP contribution in [0.4, 0.5) is 0 Å². The Kier molecular flexibility index (Phi) is 4.51. The van der Waals surface area contributed by atoms with E-state index in [0.29, 0.717) is 17.5 Å². The first-order valence-corrected chi connectivity index (χ1v) is 8.05. The molecular weight excluding hydrogens is 320 g/mol. The average Bonchev–Trinajstić information content (AvgIpc) is 2.57. The van der Waals surface area contributed by atoms with Crippen LogP contribution in [-0.4, -0.2) is 27.2 Å². The molecule has 130 valence electrons. The molecule has 2 atom stereocenters. The van der Waals surface area contributed by atoms with Crippen LogP contribution < -0.4 is 4.74 Å². The van der Waals surface area contributed by atoms with Crippen LogP contribution in [0.25, 0.3) is 0 Å². The number of allylic oxidation sites excluding steroid dienone is 2. The normalized spacial score (nSPS) is 19.1. The molecule has 2 aromatic carbocycles. The molecule has 0 amide bonds. The number of aromatic hydroxyl groups is 2. The number of benzene rings is 2. The molecule has 2 aromatic rings. The van der Waals surface area contributed by atoms with Crippen LogP contribution in [0.3, 0.4) is 0 Å². The van der Waals surface area contributed by atoms with Gasteiger partial charge in [-0.05, 0) is 25.8 Å². The van der Waals surface area contributed by atoms with Gasteiger partial charge in [-0.15, -0.1) is 0 Å². The molecule has 5 heteroatoms. The zero-order valence-electron chi connectivity index (χ0n) is 14.1. The monoisotopic (exact) mass is 340 g/mol. The van der Waals surface area contributed by atoms with E-state index < -0.39 is 23.7 Å². The quantitative estimate of drug-likeness (QED) is 0.747. The van der Waals surface area contributed by atoms with Crippen LogP contribution in [0.5, 0.6) is 17.2 Å². The van der Waals surface area contributed by atoms with E-state index in [0.717, 1.165) is 11.6 Å². The number of aliphatic hydroxyl groups excluding tert-OH is 1. The van der Waals surface area contributed by atoms with E-state index in [1.165, 1.54) is 0 Å². The number of carbonyl (C=O) groups is 1. The van der Waals surface area contributed by atoms with E-state index in [1.54, 1.807) is 24.3 Å². The first-order valence-electron chi connectivity index (χ1n) is 8.05. The number of ketones is 1. The van der Waals surface area contributed by atoms with E-state index in [9.17, 15) is 20.1 Å². The van der Waals surface area contributed by atoms with E-state index in [2.05, 4.69) is 0 Å². The van der Waals surface area contributed by atoms with Crippen LogP contribution in [0, 0.1) is 0 Å². The van der Waals surface area contributed by atoms with Gasteiger partial charge >= 0.3 is 0 Å². The van der Waals surface area contributed by atoms with Crippen molar-refractivity contribution in [1.29, 1.82) is 0 Å². The number of hydrogen-bond donors (Lipinski definition) is 3. The summed E-state index contributed by atoms with van der Waals surface area (Å²) in [4.78, 5) is 12.6.